The molecule has 2 rings (SSSR count). The van der Waals surface area contributed by atoms with E-state index < -0.39 is 0 Å². The van der Waals surface area contributed by atoms with Gasteiger partial charge in [-0.1, -0.05) is 0 Å². The second-order valence-corrected chi connectivity index (χ2v) is 5.96. The van der Waals surface area contributed by atoms with E-state index in [1.807, 2.05) is 36.2 Å². The number of nitrogens with zero attached hydrogens (tertiary/aromatic N) is 1. The highest BCUT2D eigenvalue weighted by Gasteiger charge is 2.21. The van der Waals surface area contributed by atoms with Crippen molar-refractivity contribution in [1.29, 1.82) is 0 Å². The van der Waals surface area contributed by atoms with E-state index in [0.717, 1.165) is 36.6 Å². The summed E-state index contributed by atoms with van der Waals surface area (Å²) in [5.41, 5.74) is 0. The van der Waals surface area contributed by atoms with Crippen LogP contribution < -0.4 is 10.1 Å². The molecular weight excluding hydrogens is 308 g/mol. The summed E-state index contributed by atoms with van der Waals surface area (Å²) in [4.78, 5) is 15.2. The molecule has 0 radical (unpaired) electrons. The Labute approximate surface area is 137 Å². The Morgan fingerprint density at radius 2 is 1.95 bits per heavy atom. The number of carbonyl (C=O) groups is 1. The van der Waals surface area contributed by atoms with Crippen LogP contribution in [0.15, 0.2) is 29.2 Å². The molecule has 0 aromatic heterocycles. The number of benzene rings is 1. The van der Waals surface area contributed by atoms with E-state index in [9.17, 15) is 4.79 Å². The molecule has 1 aliphatic heterocycles. The monoisotopic (exact) mass is 330 g/mol. The normalized spacial score (nSPS) is 15.4. The number of likely N-dealkylation sites (tertiary alicyclic amines) is 1. The lowest BCUT2D eigenvalue weighted by Crippen LogP contribution is -2.44. The number of piperidine rings is 1. The minimum absolute atomic E-state index is 0. The first-order valence-electron chi connectivity index (χ1n) is 6.95. The lowest BCUT2D eigenvalue weighted by Gasteiger charge is -2.31. The van der Waals surface area contributed by atoms with E-state index >= 15 is 0 Å². The number of rotatable bonds is 5. The third-order valence-corrected chi connectivity index (χ3v) is 4.67. The number of hydrogen-bond donors (Lipinski definition) is 1. The van der Waals surface area contributed by atoms with E-state index in [2.05, 4.69) is 5.32 Å². The van der Waals surface area contributed by atoms with Gasteiger partial charge in [-0.25, -0.2) is 0 Å². The molecule has 6 heteroatoms. The largest absolute Gasteiger partial charge is 0.497 e. The predicted molar refractivity (Wildman–Crippen MR) is 89.6 cm³/mol. The third-order valence-electron chi connectivity index (χ3n) is 3.68. The maximum atomic E-state index is 12.1. The first-order valence-corrected chi connectivity index (χ1v) is 7.93. The van der Waals surface area contributed by atoms with Crippen LogP contribution in [0.1, 0.15) is 12.8 Å². The molecule has 1 N–H and O–H groups in total. The summed E-state index contributed by atoms with van der Waals surface area (Å²) < 4.78 is 5.12. The molecule has 0 saturated carbocycles. The quantitative estimate of drug-likeness (QED) is 0.842. The minimum atomic E-state index is 0. The van der Waals surface area contributed by atoms with Gasteiger partial charge in [0.2, 0.25) is 5.91 Å². The van der Waals surface area contributed by atoms with Gasteiger partial charge in [-0.2, -0.15) is 0 Å². The highest BCUT2D eigenvalue weighted by atomic mass is 35.5. The fraction of sp³-hybridized carbons (Fsp3) is 0.533. The van der Waals surface area contributed by atoms with Crippen LogP contribution in [0.25, 0.3) is 0 Å². The van der Waals surface area contributed by atoms with Crippen LogP contribution in [0.5, 0.6) is 5.75 Å². The fourth-order valence-electron chi connectivity index (χ4n) is 2.33. The lowest BCUT2D eigenvalue weighted by molar-refractivity contribution is -0.129. The van der Waals surface area contributed by atoms with E-state index in [1.54, 1.807) is 18.9 Å². The Morgan fingerprint density at radius 3 is 2.48 bits per heavy atom. The molecule has 0 unspecified atom stereocenters. The SMILES string of the molecule is CNC1CCN(C(=O)CSc2ccc(OC)cc2)CC1.Cl. The van der Waals surface area contributed by atoms with Crippen molar-refractivity contribution in [2.75, 3.05) is 33.0 Å². The standard InChI is InChI=1S/C15H22N2O2S.ClH/c1-16-12-7-9-17(10-8-12)15(18)11-20-14-5-3-13(19-2)4-6-14;/h3-6,12,16H,7-11H2,1-2H3;1H. The number of ether oxygens (including phenoxy) is 1. The van der Waals surface area contributed by atoms with Crippen LogP contribution in [-0.4, -0.2) is 49.8 Å². The molecule has 4 nitrogen and oxygen atoms in total. The summed E-state index contributed by atoms with van der Waals surface area (Å²) in [5, 5.41) is 3.28. The van der Waals surface area contributed by atoms with E-state index in [-0.39, 0.29) is 18.3 Å². The molecule has 1 aliphatic rings. The number of thioether (sulfide) groups is 1. The molecule has 0 atom stereocenters. The van der Waals surface area contributed by atoms with Gasteiger partial charge >= 0.3 is 0 Å². The first-order chi connectivity index (χ1) is 9.72. The van der Waals surface area contributed by atoms with Gasteiger partial charge in [-0.3, -0.25) is 4.79 Å². The predicted octanol–water partition coefficient (Wildman–Crippen LogP) is 2.42. The van der Waals surface area contributed by atoms with E-state index in [1.165, 1.54) is 0 Å². The van der Waals surface area contributed by atoms with Crippen LogP contribution in [0.2, 0.25) is 0 Å². The Balaban J connectivity index is 0.00000220. The van der Waals surface area contributed by atoms with Gasteiger partial charge in [0, 0.05) is 24.0 Å². The van der Waals surface area contributed by atoms with Crippen LogP contribution in [0, 0.1) is 0 Å². The molecule has 1 aromatic rings. The highest BCUT2D eigenvalue weighted by Crippen LogP contribution is 2.22. The van der Waals surface area contributed by atoms with Crippen molar-refractivity contribution < 1.29 is 9.53 Å². The molecule has 21 heavy (non-hydrogen) atoms. The van der Waals surface area contributed by atoms with Gasteiger partial charge < -0.3 is 15.0 Å². The smallest absolute Gasteiger partial charge is 0.232 e. The molecular formula is C15H23ClN2O2S. The molecule has 1 amide bonds. The second-order valence-electron chi connectivity index (χ2n) is 4.91. The maximum absolute atomic E-state index is 12.1. The number of hydrogen-bond acceptors (Lipinski definition) is 4. The van der Waals surface area contributed by atoms with Crippen molar-refractivity contribution >= 4 is 30.1 Å². The molecule has 1 aromatic carbocycles. The summed E-state index contributed by atoms with van der Waals surface area (Å²) in [6, 6.07) is 8.39. The van der Waals surface area contributed by atoms with Crippen molar-refractivity contribution in [2.45, 2.75) is 23.8 Å². The first kappa shape index (κ1) is 18.1. The Morgan fingerprint density at radius 1 is 1.33 bits per heavy atom. The number of halogens is 1. The molecule has 1 fully saturated rings. The Hall–Kier alpha value is -0.910. The van der Waals surface area contributed by atoms with Crippen LogP contribution in [0.3, 0.4) is 0 Å². The molecule has 118 valence electrons. The van der Waals surface area contributed by atoms with Gasteiger partial charge in [0.05, 0.1) is 12.9 Å². The zero-order chi connectivity index (χ0) is 14.4. The third kappa shape index (κ3) is 5.41. The van der Waals surface area contributed by atoms with Crippen molar-refractivity contribution in [3.05, 3.63) is 24.3 Å². The van der Waals surface area contributed by atoms with Gasteiger partial charge in [-0.05, 0) is 44.2 Å². The highest BCUT2D eigenvalue weighted by molar-refractivity contribution is 8.00. The van der Waals surface area contributed by atoms with Crippen molar-refractivity contribution in [3.63, 3.8) is 0 Å². The Bertz CT molecular complexity index is 434. The van der Waals surface area contributed by atoms with E-state index in [4.69, 9.17) is 4.74 Å². The summed E-state index contributed by atoms with van der Waals surface area (Å²) >= 11 is 1.59. The number of nitrogens with one attached hydrogen (secondary N) is 1. The van der Waals surface area contributed by atoms with Crippen molar-refractivity contribution in [3.8, 4) is 5.75 Å². The van der Waals surface area contributed by atoms with Crippen molar-refractivity contribution in [1.82, 2.24) is 10.2 Å². The zero-order valence-electron chi connectivity index (χ0n) is 12.5. The topological polar surface area (TPSA) is 41.6 Å². The lowest BCUT2D eigenvalue weighted by atomic mass is 10.1. The van der Waals surface area contributed by atoms with Crippen molar-refractivity contribution in [2.24, 2.45) is 0 Å². The van der Waals surface area contributed by atoms with Gasteiger partial charge in [0.25, 0.3) is 0 Å². The van der Waals surface area contributed by atoms with Crippen LogP contribution in [-0.2, 0) is 4.79 Å². The summed E-state index contributed by atoms with van der Waals surface area (Å²) in [7, 11) is 3.64. The van der Waals surface area contributed by atoms with Gasteiger partial charge in [0.1, 0.15) is 5.75 Å². The minimum Gasteiger partial charge on any atom is -0.497 e. The molecule has 0 bridgehead atoms. The molecule has 0 spiro atoms. The average molecular weight is 331 g/mol. The molecule has 1 heterocycles. The maximum Gasteiger partial charge on any atom is 0.232 e. The molecule has 0 aliphatic carbocycles. The number of amides is 1. The number of carbonyl (C=O) groups excluding carboxylic acids is 1. The second kappa shape index (κ2) is 9.18. The van der Waals surface area contributed by atoms with Crippen LogP contribution in [0.4, 0.5) is 0 Å². The van der Waals surface area contributed by atoms with Gasteiger partial charge in [0.15, 0.2) is 0 Å². The average Bonchev–Trinajstić information content (AvgIpc) is 2.53. The zero-order valence-corrected chi connectivity index (χ0v) is 14.1. The van der Waals surface area contributed by atoms with E-state index in [0.29, 0.717) is 11.8 Å². The van der Waals surface area contributed by atoms with Gasteiger partial charge in [-0.15, -0.1) is 24.2 Å². The summed E-state index contributed by atoms with van der Waals surface area (Å²) in [6.07, 6.45) is 2.10. The number of methoxy groups -OCH3 is 1. The molecule has 1 saturated heterocycles. The van der Waals surface area contributed by atoms with Crippen LogP contribution >= 0.6 is 24.2 Å². The summed E-state index contributed by atoms with van der Waals surface area (Å²) in [5.74, 6) is 1.59. The summed E-state index contributed by atoms with van der Waals surface area (Å²) in [6.45, 7) is 1.74. The fourth-order valence-corrected chi connectivity index (χ4v) is 3.13. The Kier molecular flexibility index (Phi) is 7.93.